The number of carbonyl (C=O) groups excluding carboxylic acids is 1. The van der Waals surface area contributed by atoms with Crippen molar-refractivity contribution in [2.45, 2.75) is 6.54 Å². The molecule has 0 unspecified atom stereocenters. The molecule has 2 aromatic rings. The van der Waals surface area contributed by atoms with E-state index in [1.807, 2.05) is 24.1 Å². The van der Waals surface area contributed by atoms with Crippen LogP contribution < -0.4 is 14.8 Å². The van der Waals surface area contributed by atoms with Gasteiger partial charge in [-0.25, -0.2) is 0 Å². The molecular formula is C18H17BrCl2N2O3. The van der Waals surface area contributed by atoms with Gasteiger partial charge in [-0.3, -0.25) is 9.69 Å². The number of anilines is 1. The van der Waals surface area contributed by atoms with Crippen LogP contribution in [0.5, 0.6) is 11.5 Å². The average Bonchev–Trinajstić information content (AvgIpc) is 2.59. The van der Waals surface area contributed by atoms with Gasteiger partial charge in [0.1, 0.15) is 13.2 Å². The van der Waals surface area contributed by atoms with E-state index < -0.39 is 0 Å². The molecule has 138 valence electrons. The molecule has 0 saturated heterocycles. The first-order chi connectivity index (χ1) is 12.4. The van der Waals surface area contributed by atoms with E-state index >= 15 is 0 Å². The topological polar surface area (TPSA) is 50.8 Å². The Hall–Kier alpha value is -1.47. The molecule has 0 fully saturated rings. The third kappa shape index (κ3) is 4.62. The Morgan fingerprint density at radius 1 is 1.23 bits per heavy atom. The van der Waals surface area contributed by atoms with E-state index in [1.54, 1.807) is 18.2 Å². The lowest BCUT2D eigenvalue weighted by Gasteiger charge is -2.21. The number of nitrogens with one attached hydrogen (secondary N) is 1. The van der Waals surface area contributed by atoms with Crippen LogP contribution in [0.15, 0.2) is 34.8 Å². The van der Waals surface area contributed by atoms with Crippen molar-refractivity contribution in [1.29, 1.82) is 0 Å². The molecule has 0 bridgehead atoms. The maximum absolute atomic E-state index is 12.4. The summed E-state index contributed by atoms with van der Waals surface area (Å²) in [6, 6.07) is 9.01. The Morgan fingerprint density at radius 2 is 1.92 bits per heavy atom. The van der Waals surface area contributed by atoms with Gasteiger partial charge in [-0.2, -0.15) is 0 Å². The van der Waals surface area contributed by atoms with Gasteiger partial charge in [0, 0.05) is 23.2 Å². The predicted molar refractivity (Wildman–Crippen MR) is 107 cm³/mol. The number of amides is 1. The summed E-state index contributed by atoms with van der Waals surface area (Å²) in [6.07, 6.45) is 0. The van der Waals surface area contributed by atoms with Crippen LogP contribution in [0.25, 0.3) is 0 Å². The van der Waals surface area contributed by atoms with Crippen LogP contribution in [0.2, 0.25) is 10.0 Å². The van der Waals surface area contributed by atoms with Crippen LogP contribution in [0.3, 0.4) is 0 Å². The molecule has 1 N–H and O–H groups in total. The van der Waals surface area contributed by atoms with Crippen LogP contribution in [0.1, 0.15) is 5.56 Å². The van der Waals surface area contributed by atoms with E-state index in [2.05, 4.69) is 21.2 Å². The summed E-state index contributed by atoms with van der Waals surface area (Å²) >= 11 is 15.7. The zero-order valence-corrected chi connectivity index (χ0v) is 17.1. The van der Waals surface area contributed by atoms with E-state index in [1.165, 1.54) is 0 Å². The van der Waals surface area contributed by atoms with E-state index in [9.17, 15) is 4.79 Å². The second kappa shape index (κ2) is 8.48. The number of hydrogen-bond donors (Lipinski definition) is 1. The lowest BCUT2D eigenvalue weighted by Crippen LogP contribution is -2.30. The van der Waals surface area contributed by atoms with Crippen LogP contribution in [-0.2, 0) is 11.3 Å². The second-order valence-electron chi connectivity index (χ2n) is 5.91. The molecule has 3 rings (SSSR count). The molecule has 1 aliphatic heterocycles. The summed E-state index contributed by atoms with van der Waals surface area (Å²) in [4.78, 5) is 14.2. The first-order valence-electron chi connectivity index (χ1n) is 7.94. The molecule has 1 amide bonds. The fourth-order valence-electron chi connectivity index (χ4n) is 2.61. The van der Waals surface area contributed by atoms with Crippen molar-refractivity contribution in [3.8, 4) is 11.5 Å². The number of likely N-dealkylation sites (N-methyl/N-ethyl adjacent to an activating group) is 1. The highest BCUT2D eigenvalue weighted by atomic mass is 79.9. The van der Waals surface area contributed by atoms with Crippen molar-refractivity contribution in [2.75, 3.05) is 32.1 Å². The van der Waals surface area contributed by atoms with E-state index in [0.717, 1.165) is 10.0 Å². The number of ether oxygens (including phenoxy) is 2. The van der Waals surface area contributed by atoms with Gasteiger partial charge in [0.15, 0.2) is 11.5 Å². The number of benzene rings is 2. The summed E-state index contributed by atoms with van der Waals surface area (Å²) in [5, 5.41) is 3.89. The zero-order chi connectivity index (χ0) is 18.7. The van der Waals surface area contributed by atoms with Crippen molar-refractivity contribution in [3.05, 3.63) is 50.4 Å². The molecular weight excluding hydrogens is 443 g/mol. The Bertz CT molecular complexity index is 832. The molecule has 8 heteroatoms. The maximum Gasteiger partial charge on any atom is 0.238 e. The third-order valence-electron chi connectivity index (χ3n) is 3.79. The third-order valence-corrected chi connectivity index (χ3v) is 5.31. The minimum atomic E-state index is -0.150. The van der Waals surface area contributed by atoms with Crippen molar-refractivity contribution < 1.29 is 14.3 Å². The van der Waals surface area contributed by atoms with Gasteiger partial charge in [0.2, 0.25) is 5.91 Å². The number of rotatable bonds is 5. The monoisotopic (exact) mass is 458 g/mol. The van der Waals surface area contributed by atoms with Crippen molar-refractivity contribution in [1.82, 2.24) is 4.90 Å². The largest absolute Gasteiger partial charge is 0.486 e. The van der Waals surface area contributed by atoms with E-state index in [-0.39, 0.29) is 12.5 Å². The summed E-state index contributed by atoms with van der Waals surface area (Å²) in [5.74, 6) is 1.13. The lowest BCUT2D eigenvalue weighted by atomic mass is 10.2. The summed E-state index contributed by atoms with van der Waals surface area (Å²) in [5.41, 5.74) is 1.50. The predicted octanol–water partition coefficient (Wildman–Crippen LogP) is 4.60. The first kappa shape index (κ1) is 19.3. The summed E-state index contributed by atoms with van der Waals surface area (Å²) < 4.78 is 11.8. The van der Waals surface area contributed by atoms with E-state index in [0.29, 0.717) is 47.0 Å². The molecule has 1 aliphatic rings. The highest BCUT2D eigenvalue weighted by molar-refractivity contribution is 9.10. The number of nitrogens with zero attached hydrogens (tertiary/aromatic N) is 1. The Kier molecular flexibility index (Phi) is 6.29. The Morgan fingerprint density at radius 3 is 2.65 bits per heavy atom. The Balaban J connectivity index is 1.62. The molecule has 0 radical (unpaired) electrons. The van der Waals surface area contributed by atoms with Gasteiger partial charge in [-0.05, 0) is 34.6 Å². The first-order valence-corrected chi connectivity index (χ1v) is 9.49. The van der Waals surface area contributed by atoms with Gasteiger partial charge in [-0.15, -0.1) is 0 Å². The van der Waals surface area contributed by atoms with Crippen LogP contribution in [0, 0.1) is 0 Å². The van der Waals surface area contributed by atoms with Gasteiger partial charge in [0.05, 0.1) is 22.3 Å². The number of fused-ring (bicyclic) bond motifs is 1. The molecule has 2 aromatic carbocycles. The SMILES string of the molecule is CN(CC(=O)Nc1cc2c(cc1Br)OCCO2)Cc1cccc(Cl)c1Cl. The molecule has 1 heterocycles. The Labute approximate surface area is 170 Å². The second-order valence-corrected chi connectivity index (χ2v) is 7.55. The summed E-state index contributed by atoms with van der Waals surface area (Å²) in [7, 11) is 1.84. The standard InChI is InChI=1S/C18H17BrCl2N2O3/c1-23(9-11-3-2-4-13(20)18(11)21)10-17(24)22-14-8-16-15(7-12(14)19)25-5-6-26-16/h2-4,7-8H,5-6,9-10H2,1H3,(H,22,24). The van der Waals surface area contributed by atoms with E-state index in [4.69, 9.17) is 32.7 Å². The molecule has 0 spiro atoms. The summed E-state index contributed by atoms with van der Waals surface area (Å²) in [6.45, 7) is 1.71. The minimum Gasteiger partial charge on any atom is -0.486 e. The number of halogens is 3. The van der Waals surface area contributed by atoms with Gasteiger partial charge >= 0.3 is 0 Å². The minimum absolute atomic E-state index is 0.150. The normalized spacial score (nSPS) is 13.0. The van der Waals surface area contributed by atoms with Crippen LogP contribution in [0.4, 0.5) is 5.69 Å². The number of carbonyl (C=O) groups is 1. The van der Waals surface area contributed by atoms with Gasteiger partial charge in [0.25, 0.3) is 0 Å². The van der Waals surface area contributed by atoms with Gasteiger partial charge in [-0.1, -0.05) is 35.3 Å². The highest BCUT2D eigenvalue weighted by Crippen LogP contribution is 2.38. The molecule has 0 aromatic heterocycles. The number of hydrogen-bond acceptors (Lipinski definition) is 4. The molecule has 0 saturated carbocycles. The maximum atomic E-state index is 12.4. The molecule has 26 heavy (non-hydrogen) atoms. The molecule has 5 nitrogen and oxygen atoms in total. The molecule has 0 aliphatic carbocycles. The van der Waals surface area contributed by atoms with Crippen molar-refractivity contribution >= 4 is 50.7 Å². The smallest absolute Gasteiger partial charge is 0.238 e. The fraction of sp³-hybridized carbons (Fsp3) is 0.278. The lowest BCUT2D eigenvalue weighted by molar-refractivity contribution is -0.117. The van der Waals surface area contributed by atoms with Crippen molar-refractivity contribution in [2.24, 2.45) is 0 Å². The molecule has 0 atom stereocenters. The quantitative estimate of drug-likeness (QED) is 0.709. The van der Waals surface area contributed by atoms with Crippen LogP contribution in [-0.4, -0.2) is 37.6 Å². The zero-order valence-electron chi connectivity index (χ0n) is 14.0. The van der Waals surface area contributed by atoms with Crippen LogP contribution >= 0.6 is 39.1 Å². The van der Waals surface area contributed by atoms with Gasteiger partial charge < -0.3 is 14.8 Å². The van der Waals surface area contributed by atoms with Crippen molar-refractivity contribution in [3.63, 3.8) is 0 Å². The average molecular weight is 460 g/mol. The fourth-order valence-corrected chi connectivity index (χ4v) is 3.41. The highest BCUT2D eigenvalue weighted by Gasteiger charge is 2.17.